The maximum absolute atomic E-state index is 6.01. The molecule has 0 spiro atoms. The van der Waals surface area contributed by atoms with Crippen LogP contribution in [0, 0.1) is 11.3 Å². The lowest BCUT2D eigenvalue weighted by atomic mass is 9.70. The van der Waals surface area contributed by atoms with Gasteiger partial charge in [-0.05, 0) is 37.0 Å². The van der Waals surface area contributed by atoms with Gasteiger partial charge in [-0.2, -0.15) is 4.98 Å². The molecule has 0 amide bonds. The molecule has 3 rings (SSSR count). The lowest BCUT2D eigenvalue weighted by Gasteiger charge is -2.36. The first-order valence-electron chi connectivity index (χ1n) is 8.12. The van der Waals surface area contributed by atoms with Crippen LogP contribution in [-0.2, 0) is 4.74 Å². The predicted octanol–water partition coefficient (Wildman–Crippen LogP) is 2.83. The van der Waals surface area contributed by atoms with Crippen LogP contribution in [0.3, 0.4) is 0 Å². The topological polar surface area (TPSA) is 74.2 Å². The summed E-state index contributed by atoms with van der Waals surface area (Å²) in [6.07, 6.45) is 4.83. The van der Waals surface area contributed by atoms with Crippen LogP contribution in [0.5, 0.6) is 0 Å². The van der Waals surface area contributed by atoms with Gasteiger partial charge >= 0.3 is 0 Å². The van der Waals surface area contributed by atoms with Gasteiger partial charge in [0.2, 0.25) is 5.89 Å². The Labute approximate surface area is 126 Å². The third-order valence-corrected chi connectivity index (χ3v) is 5.22. The molecule has 5 nitrogen and oxygen atoms in total. The van der Waals surface area contributed by atoms with Crippen LogP contribution < -0.4 is 5.73 Å². The largest absolute Gasteiger partial charge is 0.379 e. The summed E-state index contributed by atoms with van der Waals surface area (Å²) in [4.78, 5) is 4.62. The minimum atomic E-state index is -0.0186. The molecule has 2 fully saturated rings. The van der Waals surface area contributed by atoms with Crippen LogP contribution in [0.4, 0.5) is 0 Å². The van der Waals surface area contributed by atoms with E-state index in [4.69, 9.17) is 15.0 Å². The highest BCUT2D eigenvalue weighted by Crippen LogP contribution is 2.42. The number of aromatic nitrogens is 2. The zero-order valence-electron chi connectivity index (χ0n) is 13.3. The molecule has 2 aliphatic rings. The molecular formula is C16H27N3O2. The molecule has 0 bridgehead atoms. The van der Waals surface area contributed by atoms with E-state index in [1.54, 1.807) is 0 Å². The van der Waals surface area contributed by atoms with E-state index in [0.717, 1.165) is 24.6 Å². The lowest BCUT2D eigenvalue weighted by Crippen LogP contribution is -2.27. The molecule has 2 atom stereocenters. The van der Waals surface area contributed by atoms with Crippen molar-refractivity contribution in [2.45, 2.75) is 64.3 Å². The average Bonchev–Trinajstić information content (AvgIpc) is 3.06. The van der Waals surface area contributed by atoms with E-state index in [0.29, 0.717) is 30.4 Å². The van der Waals surface area contributed by atoms with Gasteiger partial charge < -0.3 is 15.0 Å². The zero-order valence-corrected chi connectivity index (χ0v) is 13.3. The van der Waals surface area contributed by atoms with Gasteiger partial charge in [-0.15, -0.1) is 0 Å². The number of ether oxygens (including phenoxy) is 1. The summed E-state index contributed by atoms with van der Waals surface area (Å²) >= 11 is 0. The van der Waals surface area contributed by atoms with Crippen LogP contribution in [-0.4, -0.2) is 29.4 Å². The fourth-order valence-electron chi connectivity index (χ4n) is 3.61. The van der Waals surface area contributed by atoms with Gasteiger partial charge in [0.15, 0.2) is 5.82 Å². The summed E-state index contributed by atoms with van der Waals surface area (Å²) in [5.74, 6) is 2.85. The van der Waals surface area contributed by atoms with E-state index in [1.807, 2.05) is 0 Å². The maximum Gasteiger partial charge on any atom is 0.233 e. The van der Waals surface area contributed by atoms with Crippen LogP contribution in [0.15, 0.2) is 4.52 Å². The van der Waals surface area contributed by atoms with Crippen molar-refractivity contribution in [2.24, 2.45) is 17.1 Å². The van der Waals surface area contributed by atoms with Gasteiger partial charge in [-0.3, -0.25) is 0 Å². The Morgan fingerprint density at radius 1 is 1.10 bits per heavy atom. The summed E-state index contributed by atoms with van der Waals surface area (Å²) in [5.41, 5.74) is 6.42. The van der Waals surface area contributed by atoms with Gasteiger partial charge in [0.1, 0.15) is 0 Å². The summed E-state index contributed by atoms with van der Waals surface area (Å²) in [6.45, 7) is 8.20. The molecule has 1 saturated heterocycles. The average molecular weight is 293 g/mol. The van der Waals surface area contributed by atoms with E-state index < -0.39 is 0 Å². The van der Waals surface area contributed by atoms with Gasteiger partial charge in [0.05, 0.1) is 19.1 Å². The molecule has 1 aliphatic heterocycles. The highest BCUT2D eigenvalue weighted by atomic mass is 16.5. The van der Waals surface area contributed by atoms with Crippen LogP contribution in [0.25, 0.3) is 0 Å². The Morgan fingerprint density at radius 3 is 2.38 bits per heavy atom. The predicted molar refractivity (Wildman–Crippen MR) is 80.0 cm³/mol. The Bertz CT molecular complexity index is 472. The van der Waals surface area contributed by atoms with Crippen LogP contribution in [0.1, 0.15) is 70.0 Å². The monoisotopic (exact) mass is 293 g/mol. The highest BCUT2D eigenvalue weighted by Gasteiger charge is 2.34. The van der Waals surface area contributed by atoms with Crippen molar-refractivity contribution in [3.8, 4) is 0 Å². The Kier molecular flexibility index (Phi) is 4.06. The summed E-state index contributed by atoms with van der Waals surface area (Å²) in [7, 11) is 0. The zero-order chi connectivity index (χ0) is 15.0. The molecule has 0 radical (unpaired) electrons. The van der Waals surface area contributed by atoms with Crippen molar-refractivity contribution in [1.29, 1.82) is 0 Å². The number of nitrogens with zero attached hydrogens (tertiary/aromatic N) is 2. The van der Waals surface area contributed by atoms with E-state index in [1.165, 1.54) is 12.8 Å². The summed E-state index contributed by atoms with van der Waals surface area (Å²) in [5, 5.41) is 4.21. The van der Waals surface area contributed by atoms with Crippen molar-refractivity contribution >= 4 is 0 Å². The Balaban J connectivity index is 1.63. The maximum atomic E-state index is 6.01. The van der Waals surface area contributed by atoms with E-state index in [-0.39, 0.29) is 12.0 Å². The number of rotatable bonds is 2. The Morgan fingerprint density at radius 2 is 1.81 bits per heavy atom. The molecule has 0 aromatic carbocycles. The Hall–Kier alpha value is -0.940. The normalized spacial score (nSPS) is 34.3. The van der Waals surface area contributed by atoms with Crippen molar-refractivity contribution in [1.82, 2.24) is 10.1 Å². The SMILES string of the molecule is CC(C)(C)C1CCC(c2noc(C3COCC3N)n2)CC1. The lowest BCUT2D eigenvalue weighted by molar-refractivity contribution is 0.166. The molecule has 118 valence electrons. The van der Waals surface area contributed by atoms with Crippen molar-refractivity contribution < 1.29 is 9.26 Å². The minimum Gasteiger partial charge on any atom is -0.379 e. The van der Waals surface area contributed by atoms with Crippen LogP contribution in [0.2, 0.25) is 0 Å². The van der Waals surface area contributed by atoms with E-state index in [2.05, 4.69) is 30.9 Å². The van der Waals surface area contributed by atoms with Crippen LogP contribution >= 0.6 is 0 Å². The van der Waals surface area contributed by atoms with Gasteiger partial charge in [0.25, 0.3) is 0 Å². The second-order valence-electron chi connectivity index (χ2n) is 7.71. The molecule has 1 aromatic heterocycles. The third kappa shape index (κ3) is 3.14. The summed E-state index contributed by atoms with van der Waals surface area (Å²) in [6, 6.07) is -0.0186. The van der Waals surface area contributed by atoms with Crippen molar-refractivity contribution in [2.75, 3.05) is 13.2 Å². The number of nitrogens with two attached hydrogens (primary N) is 1. The number of hydrogen-bond acceptors (Lipinski definition) is 5. The highest BCUT2D eigenvalue weighted by molar-refractivity contribution is 5.05. The van der Waals surface area contributed by atoms with Gasteiger partial charge in [-0.1, -0.05) is 25.9 Å². The molecule has 1 aliphatic carbocycles. The molecule has 2 unspecified atom stereocenters. The van der Waals surface area contributed by atoms with Gasteiger partial charge in [0, 0.05) is 12.0 Å². The standard InChI is InChI=1S/C16H27N3O2/c1-16(2,3)11-6-4-10(5-7-11)14-18-15(21-19-14)12-8-20-9-13(12)17/h10-13H,4-9,17H2,1-3H3. The first kappa shape index (κ1) is 15.0. The van der Waals surface area contributed by atoms with Crippen molar-refractivity contribution in [3.05, 3.63) is 11.7 Å². The van der Waals surface area contributed by atoms with Gasteiger partial charge in [-0.25, -0.2) is 0 Å². The smallest absolute Gasteiger partial charge is 0.233 e. The van der Waals surface area contributed by atoms with E-state index in [9.17, 15) is 0 Å². The summed E-state index contributed by atoms with van der Waals surface area (Å²) < 4.78 is 10.8. The fraction of sp³-hybridized carbons (Fsp3) is 0.875. The molecule has 21 heavy (non-hydrogen) atoms. The first-order valence-corrected chi connectivity index (χ1v) is 8.12. The third-order valence-electron chi connectivity index (χ3n) is 5.22. The molecule has 1 saturated carbocycles. The molecule has 2 heterocycles. The first-order chi connectivity index (χ1) is 9.95. The minimum absolute atomic E-state index is 0.0186. The number of hydrogen-bond donors (Lipinski definition) is 1. The quantitative estimate of drug-likeness (QED) is 0.907. The van der Waals surface area contributed by atoms with E-state index >= 15 is 0 Å². The molecule has 1 aromatic rings. The molecule has 5 heteroatoms. The van der Waals surface area contributed by atoms with Crippen molar-refractivity contribution in [3.63, 3.8) is 0 Å². The fourth-order valence-corrected chi connectivity index (χ4v) is 3.61. The molecule has 2 N–H and O–H groups in total. The molecular weight excluding hydrogens is 266 g/mol. The second-order valence-corrected chi connectivity index (χ2v) is 7.71. The second kappa shape index (κ2) is 5.69.